The molecule has 4 heterocycles. The van der Waals surface area contributed by atoms with Gasteiger partial charge in [-0.3, -0.25) is 19.1 Å². The summed E-state index contributed by atoms with van der Waals surface area (Å²) in [7, 11) is 0. The number of amides is 1. The summed E-state index contributed by atoms with van der Waals surface area (Å²) < 4.78 is 17.8. The number of carbonyl (C=O) groups excluding carboxylic acids is 1. The minimum atomic E-state index is -1.09. The number of benzene rings is 2. The van der Waals surface area contributed by atoms with E-state index >= 15 is 0 Å². The Balaban J connectivity index is 1.14. The summed E-state index contributed by atoms with van der Waals surface area (Å²) in [4.78, 5) is 35.6. The molecule has 2 unspecified atom stereocenters. The number of nitrogens with zero attached hydrogens (tertiary/aromatic N) is 5. The van der Waals surface area contributed by atoms with E-state index < -0.39 is 5.60 Å². The van der Waals surface area contributed by atoms with Crippen LogP contribution in [0.2, 0.25) is 0 Å². The lowest BCUT2D eigenvalue weighted by Gasteiger charge is -2.43. The van der Waals surface area contributed by atoms with Crippen LogP contribution < -0.4 is 5.56 Å². The summed E-state index contributed by atoms with van der Waals surface area (Å²) in [6.07, 6.45) is 4.84. The first-order chi connectivity index (χ1) is 20.3. The molecule has 2 aliphatic rings. The van der Waals surface area contributed by atoms with Crippen LogP contribution in [0, 0.1) is 11.7 Å². The van der Waals surface area contributed by atoms with Gasteiger partial charge in [0.05, 0.1) is 17.5 Å². The maximum absolute atomic E-state index is 14.4. The topological polar surface area (TPSA) is 83.6 Å². The first-order valence-electron chi connectivity index (χ1n) is 14.9. The molecule has 0 spiro atoms. The van der Waals surface area contributed by atoms with Gasteiger partial charge >= 0.3 is 0 Å². The summed E-state index contributed by atoms with van der Waals surface area (Å²) in [6, 6.07) is 18.8. The van der Waals surface area contributed by atoms with Crippen LogP contribution in [0.15, 0.2) is 78.0 Å². The van der Waals surface area contributed by atoms with E-state index in [1.165, 1.54) is 17.0 Å². The highest BCUT2D eigenvalue weighted by Crippen LogP contribution is 2.36. The third-order valence-electron chi connectivity index (χ3n) is 9.15. The van der Waals surface area contributed by atoms with Gasteiger partial charge < -0.3 is 14.6 Å². The van der Waals surface area contributed by atoms with Gasteiger partial charge in [0, 0.05) is 56.3 Å². The number of halogens is 1. The van der Waals surface area contributed by atoms with Crippen LogP contribution in [-0.4, -0.2) is 66.7 Å². The molecule has 0 saturated carbocycles. The van der Waals surface area contributed by atoms with Crippen molar-refractivity contribution in [3.05, 3.63) is 100 Å². The summed E-state index contributed by atoms with van der Waals surface area (Å²) in [5, 5.41) is 12.0. The standard InChI is InChI=1S/C33H38FN5O3/c1-2-37-17-13-27-30(37)35-23-39(32(27)41)22-33(42)14-18-38(19-15-33)31(40)26-12-16-36(20-25-10-6-7-11-29(25)34)21-28(26)24-8-4-3-5-9-24/h3-11,13,17,23,26,28,42H,2,12,14-16,18-22H2,1H3. The second-order valence-corrected chi connectivity index (χ2v) is 11.8. The number of aromatic nitrogens is 3. The third-order valence-corrected chi connectivity index (χ3v) is 9.15. The van der Waals surface area contributed by atoms with Crippen molar-refractivity contribution in [2.75, 3.05) is 26.2 Å². The van der Waals surface area contributed by atoms with Gasteiger partial charge in [0.1, 0.15) is 17.8 Å². The first kappa shape index (κ1) is 28.3. The molecular weight excluding hydrogens is 533 g/mol. The SMILES string of the molecule is CCn1ccc2c(=O)n(CC3(O)CCN(C(=O)C4CCN(Cc5ccccc5F)CC4c4ccccc4)CC3)cnc21. The molecule has 2 aliphatic heterocycles. The van der Waals surface area contributed by atoms with E-state index in [0.29, 0.717) is 68.6 Å². The van der Waals surface area contributed by atoms with Crippen LogP contribution in [0.5, 0.6) is 0 Å². The molecule has 6 rings (SSSR count). The van der Waals surface area contributed by atoms with Crippen molar-refractivity contribution >= 4 is 16.9 Å². The second kappa shape index (κ2) is 11.8. The Morgan fingerprint density at radius 1 is 1.02 bits per heavy atom. The van der Waals surface area contributed by atoms with Crippen LogP contribution in [-0.2, 0) is 24.4 Å². The average Bonchev–Trinajstić information content (AvgIpc) is 3.44. The Bertz CT molecular complexity index is 1610. The third kappa shape index (κ3) is 5.63. The van der Waals surface area contributed by atoms with E-state index in [0.717, 1.165) is 12.1 Å². The van der Waals surface area contributed by atoms with Gasteiger partial charge in [0.15, 0.2) is 0 Å². The Morgan fingerprint density at radius 3 is 2.50 bits per heavy atom. The molecule has 2 atom stereocenters. The fraction of sp³-hybridized carbons (Fsp3) is 0.424. The highest BCUT2D eigenvalue weighted by atomic mass is 19.1. The number of aliphatic hydroxyl groups is 1. The summed E-state index contributed by atoms with van der Waals surface area (Å²) in [5.74, 6) is -0.290. The molecule has 2 fully saturated rings. The smallest absolute Gasteiger partial charge is 0.262 e. The Labute approximate surface area is 245 Å². The van der Waals surface area contributed by atoms with Gasteiger partial charge in [-0.2, -0.15) is 0 Å². The number of fused-ring (bicyclic) bond motifs is 1. The van der Waals surface area contributed by atoms with Gasteiger partial charge in [-0.05, 0) is 50.4 Å². The number of hydrogen-bond donors (Lipinski definition) is 1. The molecule has 2 saturated heterocycles. The predicted molar refractivity (Wildman–Crippen MR) is 159 cm³/mol. The first-order valence-corrected chi connectivity index (χ1v) is 14.9. The minimum Gasteiger partial charge on any atom is -0.388 e. The number of rotatable bonds is 7. The second-order valence-electron chi connectivity index (χ2n) is 11.8. The summed E-state index contributed by atoms with van der Waals surface area (Å²) in [5.41, 5.74) is 1.18. The molecule has 9 heteroatoms. The van der Waals surface area contributed by atoms with Gasteiger partial charge in [0.2, 0.25) is 5.91 Å². The number of carbonyl (C=O) groups is 1. The van der Waals surface area contributed by atoms with E-state index in [2.05, 4.69) is 22.0 Å². The lowest BCUT2D eigenvalue weighted by atomic mass is 9.79. The van der Waals surface area contributed by atoms with E-state index in [4.69, 9.17) is 0 Å². The van der Waals surface area contributed by atoms with Crippen molar-refractivity contribution in [1.29, 1.82) is 0 Å². The fourth-order valence-corrected chi connectivity index (χ4v) is 6.69. The molecule has 0 bridgehead atoms. The minimum absolute atomic E-state index is 0.00756. The van der Waals surface area contributed by atoms with Crippen LogP contribution >= 0.6 is 0 Å². The normalized spacial score (nSPS) is 21.1. The zero-order valence-corrected chi connectivity index (χ0v) is 24.0. The highest BCUT2D eigenvalue weighted by molar-refractivity contribution is 5.80. The quantitative estimate of drug-likeness (QED) is 0.363. The largest absolute Gasteiger partial charge is 0.388 e. The maximum Gasteiger partial charge on any atom is 0.262 e. The van der Waals surface area contributed by atoms with E-state index in [1.807, 2.05) is 52.9 Å². The van der Waals surface area contributed by atoms with Crippen molar-refractivity contribution in [3.8, 4) is 0 Å². The summed E-state index contributed by atoms with van der Waals surface area (Å²) in [6.45, 7) is 5.64. The van der Waals surface area contributed by atoms with Crippen molar-refractivity contribution in [2.24, 2.45) is 5.92 Å². The highest BCUT2D eigenvalue weighted by Gasteiger charge is 2.41. The average molecular weight is 572 g/mol. The number of hydrogen-bond acceptors (Lipinski definition) is 5. The van der Waals surface area contributed by atoms with Crippen LogP contribution in [0.25, 0.3) is 11.0 Å². The van der Waals surface area contributed by atoms with Crippen LogP contribution in [0.4, 0.5) is 4.39 Å². The van der Waals surface area contributed by atoms with E-state index in [9.17, 15) is 19.1 Å². The van der Waals surface area contributed by atoms with Crippen molar-refractivity contribution in [2.45, 2.75) is 57.3 Å². The number of likely N-dealkylation sites (tertiary alicyclic amines) is 2. The maximum atomic E-state index is 14.4. The Morgan fingerprint density at radius 2 is 1.76 bits per heavy atom. The Kier molecular flexibility index (Phi) is 7.96. The predicted octanol–water partition coefficient (Wildman–Crippen LogP) is 4.02. The molecule has 0 radical (unpaired) electrons. The zero-order chi connectivity index (χ0) is 29.3. The number of aryl methyl sites for hydroxylation is 1. The van der Waals surface area contributed by atoms with Crippen molar-refractivity contribution < 1.29 is 14.3 Å². The molecule has 42 heavy (non-hydrogen) atoms. The van der Waals surface area contributed by atoms with Gasteiger partial charge in [-0.1, -0.05) is 48.5 Å². The molecule has 1 amide bonds. The van der Waals surface area contributed by atoms with Gasteiger partial charge in [-0.25, -0.2) is 9.37 Å². The lowest BCUT2D eigenvalue weighted by Crippen LogP contribution is -2.53. The van der Waals surface area contributed by atoms with Crippen LogP contribution in [0.1, 0.15) is 43.2 Å². The zero-order valence-electron chi connectivity index (χ0n) is 24.0. The number of piperidine rings is 2. The van der Waals surface area contributed by atoms with Crippen molar-refractivity contribution in [3.63, 3.8) is 0 Å². The van der Waals surface area contributed by atoms with Gasteiger partial charge in [0.25, 0.3) is 5.56 Å². The van der Waals surface area contributed by atoms with Gasteiger partial charge in [-0.15, -0.1) is 0 Å². The monoisotopic (exact) mass is 571 g/mol. The molecule has 0 aliphatic carbocycles. The molecule has 220 valence electrons. The lowest BCUT2D eigenvalue weighted by molar-refractivity contribution is -0.142. The molecule has 4 aromatic rings. The fourth-order valence-electron chi connectivity index (χ4n) is 6.69. The van der Waals surface area contributed by atoms with Crippen LogP contribution in [0.3, 0.4) is 0 Å². The van der Waals surface area contributed by atoms with Crippen molar-refractivity contribution in [1.82, 2.24) is 23.9 Å². The Hall–Kier alpha value is -3.82. The molecule has 1 N–H and O–H groups in total. The summed E-state index contributed by atoms with van der Waals surface area (Å²) >= 11 is 0. The van der Waals surface area contributed by atoms with E-state index in [1.54, 1.807) is 12.1 Å². The molecule has 8 nitrogen and oxygen atoms in total. The van der Waals surface area contributed by atoms with E-state index in [-0.39, 0.29) is 35.7 Å². The molecular formula is C33H38FN5O3. The molecule has 2 aromatic carbocycles. The molecule has 2 aromatic heterocycles.